The van der Waals surface area contributed by atoms with Crippen LogP contribution < -0.4 is 10.6 Å². The summed E-state index contributed by atoms with van der Waals surface area (Å²) in [6, 6.07) is 7.39. The van der Waals surface area contributed by atoms with Crippen LogP contribution in [-0.2, 0) is 6.54 Å². The molecule has 0 radical (unpaired) electrons. The number of hydrogen-bond donors (Lipinski definition) is 2. The van der Waals surface area contributed by atoms with E-state index >= 15 is 0 Å². The highest BCUT2D eigenvalue weighted by atomic mass is 35.5. The van der Waals surface area contributed by atoms with Gasteiger partial charge in [0.1, 0.15) is 0 Å². The van der Waals surface area contributed by atoms with E-state index in [2.05, 4.69) is 20.6 Å². The molecule has 0 saturated carbocycles. The van der Waals surface area contributed by atoms with Crippen LogP contribution in [0.3, 0.4) is 0 Å². The molecule has 116 valence electrons. The molecule has 0 saturated heterocycles. The SMILES string of the molecule is CC(C)(C)Nc1ncc(C(=O)NCc2ccccc2Cl)cn1. The molecule has 22 heavy (non-hydrogen) atoms. The smallest absolute Gasteiger partial charge is 0.254 e. The number of carbonyl (C=O) groups excluding carboxylic acids is 1. The lowest BCUT2D eigenvalue weighted by molar-refractivity contribution is 0.0950. The Morgan fingerprint density at radius 3 is 2.41 bits per heavy atom. The first kappa shape index (κ1) is 16.2. The quantitative estimate of drug-likeness (QED) is 0.908. The van der Waals surface area contributed by atoms with Crippen molar-refractivity contribution in [3.8, 4) is 0 Å². The summed E-state index contributed by atoms with van der Waals surface area (Å²) in [7, 11) is 0. The summed E-state index contributed by atoms with van der Waals surface area (Å²) < 4.78 is 0. The van der Waals surface area contributed by atoms with Gasteiger partial charge in [-0.1, -0.05) is 29.8 Å². The number of anilines is 1. The van der Waals surface area contributed by atoms with Gasteiger partial charge >= 0.3 is 0 Å². The molecule has 1 aromatic carbocycles. The molecule has 5 nitrogen and oxygen atoms in total. The number of halogens is 1. The monoisotopic (exact) mass is 318 g/mol. The highest BCUT2D eigenvalue weighted by Gasteiger charge is 2.12. The third-order valence-electron chi connectivity index (χ3n) is 2.80. The zero-order valence-electron chi connectivity index (χ0n) is 12.9. The molecule has 2 aromatic rings. The average Bonchev–Trinajstić information content (AvgIpc) is 2.45. The van der Waals surface area contributed by atoms with Crippen molar-refractivity contribution < 1.29 is 4.79 Å². The summed E-state index contributed by atoms with van der Waals surface area (Å²) >= 11 is 6.05. The third kappa shape index (κ3) is 4.70. The maximum atomic E-state index is 12.1. The zero-order chi connectivity index (χ0) is 16.2. The lowest BCUT2D eigenvalue weighted by Crippen LogP contribution is -2.28. The van der Waals surface area contributed by atoms with Crippen LogP contribution >= 0.6 is 11.6 Å². The van der Waals surface area contributed by atoms with Gasteiger partial charge in [0.15, 0.2) is 0 Å². The second-order valence-corrected chi connectivity index (χ2v) is 6.35. The normalized spacial score (nSPS) is 11.1. The minimum absolute atomic E-state index is 0.131. The van der Waals surface area contributed by atoms with E-state index in [9.17, 15) is 4.79 Å². The van der Waals surface area contributed by atoms with Gasteiger partial charge in [-0.05, 0) is 32.4 Å². The van der Waals surface area contributed by atoms with Gasteiger partial charge in [0.2, 0.25) is 5.95 Å². The standard InChI is InChI=1S/C16H19ClN4O/c1-16(2,3)21-15-19-9-12(10-20-15)14(22)18-8-11-6-4-5-7-13(11)17/h4-7,9-10H,8H2,1-3H3,(H,18,22)(H,19,20,21). The topological polar surface area (TPSA) is 66.9 Å². The molecular formula is C16H19ClN4O. The van der Waals surface area contributed by atoms with Crippen molar-refractivity contribution in [1.29, 1.82) is 0 Å². The molecule has 0 fully saturated rings. The molecule has 1 amide bonds. The first-order valence-corrected chi connectivity index (χ1v) is 7.35. The highest BCUT2D eigenvalue weighted by Crippen LogP contribution is 2.14. The van der Waals surface area contributed by atoms with E-state index in [1.165, 1.54) is 12.4 Å². The summed E-state index contributed by atoms with van der Waals surface area (Å²) in [5, 5.41) is 6.57. The number of nitrogens with one attached hydrogen (secondary N) is 2. The number of hydrogen-bond acceptors (Lipinski definition) is 4. The molecule has 0 aliphatic carbocycles. The fourth-order valence-electron chi connectivity index (χ4n) is 1.76. The van der Waals surface area contributed by atoms with Gasteiger partial charge in [0.25, 0.3) is 5.91 Å². The lowest BCUT2D eigenvalue weighted by atomic mass is 10.1. The van der Waals surface area contributed by atoms with Crippen LogP contribution in [0.5, 0.6) is 0 Å². The van der Waals surface area contributed by atoms with Crippen molar-refractivity contribution in [2.45, 2.75) is 32.9 Å². The van der Waals surface area contributed by atoms with Crippen LogP contribution in [0.4, 0.5) is 5.95 Å². The van der Waals surface area contributed by atoms with Gasteiger partial charge in [-0.3, -0.25) is 4.79 Å². The minimum Gasteiger partial charge on any atom is -0.350 e. The van der Waals surface area contributed by atoms with Crippen LogP contribution in [-0.4, -0.2) is 21.4 Å². The van der Waals surface area contributed by atoms with Gasteiger partial charge in [-0.2, -0.15) is 0 Å². The Hall–Kier alpha value is -2.14. The van der Waals surface area contributed by atoms with Gasteiger partial charge < -0.3 is 10.6 Å². The Morgan fingerprint density at radius 2 is 1.82 bits per heavy atom. The van der Waals surface area contributed by atoms with Crippen molar-refractivity contribution in [1.82, 2.24) is 15.3 Å². The Bertz CT molecular complexity index is 650. The van der Waals surface area contributed by atoms with Gasteiger partial charge in [0.05, 0.1) is 5.56 Å². The number of amides is 1. The molecule has 0 bridgehead atoms. The Labute approximate surface area is 135 Å². The fourth-order valence-corrected chi connectivity index (χ4v) is 1.97. The molecule has 0 atom stereocenters. The van der Waals surface area contributed by atoms with Crippen molar-refractivity contribution in [3.63, 3.8) is 0 Å². The van der Waals surface area contributed by atoms with Crippen LogP contribution in [0.15, 0.2) is 36.7 Å². The third-order valence-corrected chi connectivity index (χ3v) is 3.17. The molecule has 1 aromatic heterocycles. The average molecular weight is 319 g/mol. The molecule has 0 spiro atoms. The predicted octanol–water partition coefficient (Wildman–Crippen LogP) is 3.27. The summed E-state index contributed by atoms with van der Waals surface area (Å²) in [6.07, 6.45) is 3.01. The van der Waals surface area contributed by atoms with Gasteiger partial charge in [-0.25, -0.2) is 9.97 Å². The summed E-state index contributed by atoms with van der Waals surface area (Å²) in [4.78, 5) is 20.4. The van der Waals surface area contributed by atoms with Gasteiger partial charge in [-0.15, -0.1) is 0 Å². The van der Waals surface area contributed by atoms with Crippen LogP contribution in [0.2, 0.25) is 5.02 Å². The molecule has 2 rings (SSSR count). The first-order valence-electron chi connectivity index (χ1n) is 6.97. The number of rotatable bonds is 4. The summed E-state index contributed by atoms with van der Waals surface area (Å²) in [6.45, 7) is 6.41. The van der Waals surface area contributed by atoms with Crippen LogP contribution in [0.1, 0.15) is 36.7 Å². The Balaban J connectivity index is 1.97. The van der Waals surface area contributed by atoms with Crippen LogP contribution in [0, 0.1) is 0 Å². The number of carbonyl (C=O) groups is 1. The largest absolute Gasteiger partial charge is 0.350 e. The number of benzene rings is 1. The van der Waals surface area contributed by atoms with E-state index in [0.29, 0.717) is 23.1 Å². The predicted molar refractivity (Wildman–Crippen MR) is 88.0 cm³/mol. The second kappa shape index (κ2) is 6.75. The van der Waals surface area contributed by atoms with E-state index in [0.717, 1.165) is 5.56 Å². The molecule has 2 N–H and O–H groups in total. The van der Waals surface area contributed by atoms with Gasteiger partial charge in [0, 0.05) is 29.5 Å². The zero-order valence-corrected chi connectivity index (χ0v) is 13.6. The maximum Gasteiger partial charge on any atom is 0.254 e. The molecule has 0 aliphatic heterocycles. The molecule has 0 aliphatic rings. The molecule has 0 unspecified atom stereocenters. The van der Waals surface area contributed by atoms with Crippen molar-refractivity contribution in [2.75, 3.05) is 5.32 Å². The molecular weight excluding hydrogens is 300 g/mol. The Kier molecular flexibility index (Phi) is 4.98. The van der Waals surface area contributed by atoms with E-state index in [-0.39, 0.29) is 11.4 Å². The van der Waals surface area contributed by atoms with Crippen molar-refractivity contribution >= 4 is 23.5 Å². The number of nitrogens with zero attached hydrogens (tertiary/aromatic N) is 2. The number of aromatic nitrogens is 2. The molecule has 1 heterocycles. The maximum absolute atomic E-state index is 12.1. The lowest BCUT2D eigenvalue weighted by Gasteiger charge is -2.20. The van der Waals surface area contributed by atoms with Crippen molar-refractivity contribution in [2.24, 2.45) is 0 Å². The fraction of sp³-hybridized carbons (Fsp3) is 0.312. The minimum atomic E-state index is -0.234. The summed E-state index contributed by atoms with van der Waals surface area (Å²) in [5.41, 5.74) is 1.14. The van der Waals surface area contributed by atoms with E-state index < -0.39 is 0 Å². The highest BCUT2D eigenvalue weighted by molar-refractivity contribution is 6.31. The van der Waals surface area contributed by atoms with E-state index in [1.54, 1.807) is 6.07 Å². The van der Waals surface area contributed by atoms with Crippen LogP contribution in [0.25, 0.3) is 0 Å². The molecule has 6 heteroatoms. The van der Waals surface area contributed by atoms with E-state index in [4.69, 9.17) is 11.6 Å². The summed E-state index contributed by atoms with van der Waals surface area (Å²) in [5.74, 6) is 0.261. The second-order valence-electron chi connectivity index (χ2n) is 5.94. The van der Waals surface area contributed by atoms with Crippen molar-refractivity contribution in [3.05, 3.63) is 52.8 Å². The van der Waals surface area contributed by atoms with E-state index in [1.807, 2.05) is 39.0 Å². The Morgan fingerprint density at radius 1 is 1.18 bits per heavy atom. The first-order chi connectivity index (χ1) is 10.3.